The van der Waals surface area contributed by atoms with Gasteiger partial charge < -0.3 is 14.5 Å². The predicted octanol–water partition coefficient (Wildman–Crippen LogP) is 4.49. The van der Waals surface area contributed by atoms with E-state index in [1.165, 1.54) is 5.39 Å². The Morgan fingerprint density at radius 3 is 2.76 bits per heavy atom. The minimum absolute atomic E-state index is 0.436. The fourth-order valence-corrected chi connectivity index (χ4v) is 2.62. The van der Waals surface area contributed by atoms with Crippen molar-refractivity contribution in [2.24, 2.45) is 0 Å². The molecule has 0 unspecified atom stereocenters. The lowest BCUT2D eigenvalue weighted by Gasteiger charge is -2.06. The van der Waals surface area contributed by atoms with Gasteiger partial charge in [-0.2, -0.15) is 0 Å². The van der Waals surface area contributed by atoms with E-state index in [0.29, 0.717) is 6.61 Å². The van der Waals surface area contributed by atoms with Crippen molar-refractivity contribution in [2.45, 2.75) is 13.2 Å². The van der Waals surface area contributed by atoms with E-state index in [-0.39, 0.29) is 0 Å². The van der Waals surface area contributed by atoms with Gasteiger partial charge in [-0.25, -0.2) is 0 Å². The van der Waals surface area contributed by atoms with Crippen molar-refractivity contribution < 1.29 is 9.15 Å². The molecule has 0 aliphatic rings. The topological polar surface area (TPSA) is 34.4 Å². The molecule has 0 aliphatic heterocycles. The molecule has 0 saturated carbocycles. The summed E-state index contributed by atoms with van der Waals surface area (Å²) in [5.41, 5.74) is 1.12. The van der Waals surface area contributed by atoms with Crippen LogP contribution in [0.1, 0.15) is 11.3 Å². The fourth-order valence-electron chi connectivity index (χ4n) is 2.24. The number of nitrogens with one attached hydrogen (secondary N) is 1. The third-order valence-electron chi connectivity index (χ3n) is 3.24. The quantitative estimate of drug-likeness (QED) is 0.739. The van der Waals surface area contributed by atoms with Crippen LogP contribution in [0, 0.1) is 0 Å². The smallest absolute Gasteiger partial charge is 0.146 e. The van der Waals surface area contributed by atoms with Crippen LogP contribution in [0.5, 0.6) is 5.75 Å². The van der Waals surface area contributed by atoms with Crippen molar-refractivity contribution in [3.05, 3.63) is 64.5 Å². The molecule has 0 radical (unpaired) electrons. The van der Waals surface area contributed by atoms with E-state index in [9.17, 15) is 0 Å². The largest absolute Gasteiger partial charge is 0.486 e. The number of benzene rings is 2. The van der Waals surface area contributed by atoms with Crippen molar-refractivity contribution in [3.8, 4) is 5.75 Å². The zero-order valence-electron chi connectivity index (χ0n) is 11.7. The van der Waals surface area contributed by atoms with Crippen molar-refractivity contribution in [1.29, 1.82) is 0 Å². The minimum Gasteiger partial charge on any atom is -0.486 e. The summed E-state index contributed by atoms with van der Waals surface area (Å²) in [6.07, 6.45) is 1.76. The van der Waals surface area contributed by atoms with Crippen LogP contribution in [0.2, 0.25) is 0 Å². The number of furan rings is 1. The van der Waals surface area contributed by atoms with Gasteiger partial charge in [0.05, 0.1) is 6.26 Å². The van der Waals surface area contributed by atoms with Gasteiger partial charge in [0.1, 0.15) is 18.1 Å². The van der Waals surface area contributed by atoms with Crippen molar-refractivity contribution in [2.75, 3.05) is 7.05 Å². The lowest BCUT2D eigenvalue weighted by molar-refractivity contribution is 0.270. The van der Waals surface area contributed by atoms with E-state index in [1.807, 2.05) is 31.3 Å². The molecule has 0 atom stereocenters. The lowest BCUT2D eigenvalue weighted by Crippen LogP contribution is -2.03. The molecule has 3 nitrogen and oxygen atoms in total. The molecule has 21 heavy (non-hydrogen) atoms. The Labute approximate surface area is 132 Å². The molecule has 108 valence electrons. The molecule has 0 spiro atoms. The number of halogens is 1. The molecule has 0 saturated heterocycles. The molecule has 3 aromatic rings. The molecule has 0 fully saturated rings. The molecule has 3 rings (SSSR count). The first-order valence-corrected chi connectivity index (χ1v) is 7.57. The summed E-state index contributed by atoms with van der Waals surface area (Å²) in [4.78, 5) is 0. The van der Waals surface area contributed by atoms with Gasteiger partial charge in [-0.15, -0.1) is 0 Å². The normalized spacial score (nSPS) is 11.0. The molecule has 1 aromatic heterocycles. The van der Waals surface area contributed by atoms with Crippen molar-refractivity contribution in [3.63, 3.8) is 0 Å². The van der Waals surface area contributed by atoms with E-state index in [2.05, 4.69) is 39.4 Å². The van der Waals surface area contributed by atoms with E-state index in [0.717, 1.165) is 33.5 Å². The van der Waals surface area contributed by atoms with Gasteiger partial charge in [0, 0.05) is 16.6 Å². The summed E-state index contributed by atoms with van der Waals surface area (Å²) >= 11 is 3.48. The van der Waals surface area contributed by atoms with Gasteiger partial charge in [0.25, 0.3) is 0 Å². The number of fused-ring (bicyclic) bond motifs is 1. The maximum absolute atomic E-state index is 5.80. The molecule has 1 N–H and O–H groups in total. The Hall–Kier alpha value is -1.78. The minimum atomic E-state index is 0.436. The average Bonchev–Trinajstić information content (AvgIpc) is 2.93. The van der Waals surface area contributed by atoms with Crippen LogP contribution >= 0.6 is 15.9 Å². The lowest BCUT2D eigenvalue weighted by atomic mass is 10.1. The van der Waals surface area contributed by atoms with Crippen LogP contribution in [0.3, 0.4) is 0 Å². The molecule has 0 amide bonds. The standard InChI is InChI=1S/C17H16BrNO2/c1-19-9-12-6-17(20-10-12)11-21-16-5-3-13-7-15(18)4-2-14(13)8-16/h2-8,10,19H,9,11H2,1H3. The van der Waals surface area contributed by atoms with Crippen LogP contribution in [0.4, 0.5) is 0 Å². The highest BCUT2D eigenvalue weighted by Gasteiger charge is 2.03. The molecular weight excluding hydrogens is 330 g/mol. The van der Waals surface area contributed by atoms with Gasteiger partial charge in [-0.05, 0) is 48.2 Å². The second-order valence-corrected chi connectivity index (χ2v) is 5.81. The van der Waals surface area contributed by atoms with Crippen LogP contribution < -0.4 is 10.1 Å². The van der Waals surface area contributed by atoms with E-state index >= 15 is 0 Å². The molecule has 0 bridgehead atoms. The highest BCUT2D eigenvalue weighted by atomic mass is 79.9. The van der Waals surface area contributed by atoms with Crippen LogP contribution in [0.15, 0.2) is 57.6 Å². The Morgan fingerprint density at radius 2 is 1.90 bits per heavy atom. The number of ether oxygens (including phenoxy) is 1. The number of rotatable bonds is 5. The highest BCUT2D eigenvalue weighted by Crippen LogP contribution is 2.24. The summed E-state index contributed by atoms with van der Waals surface area (Å²) in [6, 6.07) is 14.3. The SMILES string of the molecule is CNCc1coc(COc2ccc3cc(Br)ccc3c2)c1. The van der Waals surface area contributed by atoms with Crippen LogP contribution in [-0.4, -0.2) is 7.05 Å². The van der Waals surface area contributed by atoms with Crippen molar-refractivity contribution >= 4 is 26.7 Å². The van der Waals surface area contributed by atoms with Gasteiger partial charge in [0.15, 0.2) is 0 Å². The summed E-state index contributed by atoms with van der Waals surface area (Å²) in [6.45, 7) is 1.24. The first kappa shape index (κ1) is 14.2. The molecule has 4 heteroatoms. The highest BCUT2D eigenvalue weighted by molar-refractivity contribution is 9.10. The van der Waals surface area contributed by atoms with E-state index in [4.69, 9.17) is 9.15 Å². The zero-order chi connectivity index (χ0) is 14.7. The second-order valence-electron chi connectivity index (χ2n) is 4.89. The van der Waals surface area contributed by atoms with E-state index in [1.54, 1.807) is 6.26 Å². The first-order valence-electron chi connectivity index (χ1n) is 6.77. The summed E-state index contributed by atoms with van der Waals surface area (Å²) in [5, 5.41) is 5.44. The number of hydrogen-bond donors (Lipinski definition) is 1. The summed E-state index contributed by atoms with van der Waals surface area (Å²) < 4.78 is 12.3. The second kappa shape index (κ2) is 6.33. The van der Waals surface area contributed by atoms with Gasteiger partial charge in [-0.1, -0.05) is 28.1 Å². The zero-order valence-corrected chi connectivity index (χ0v) is 13.3. The van der Waals surface area contributed by atoms with Crippen LogP contribution in [-0.2, 0) is 13.2 Å². The maximum atomic E-state index is 5.80. The monoisotopic (exact) mass is 345 g/mol. The van der Waals surface area contributed by atoms with Crippen LogP contribution in [0.25, 0.3) is 10.8 Å². The fraction of sp³-hybridized carbons (Fsp3) is 0.176. The van der Waals surface area contributed by atoms with Gasteiger partial charge >= 0.3 is 0 Å². The number of hydrogen-bond acceptors (Lipinski definition) is 3. The molecule has 2 aromatic carbocycles. The Balaban J connectivity index is 1.70. The average molecular weight is 346 g/mol. The third kappa shape index (κ3) is 3.46. The maximum Gasteiger partial charge on any atom is 0.146 e. The van der Waals surface area contributed by atoms with Crippen molar-refractivity contribution in [1.82, 2.24) is 5.32 Å². The predicted molar refractivity (Wildman–Crippen MR) is 87.5 cm³/mol. The van der Waals surface area contributed by atoms with Gasteiger partial charge in [0.2, 0.25) is 0 Å². The Bertz CT molecular complexity index is 751. The summed E-state index contributed by atoms with van der Waals surface area (Å²) in [7, 11) is 1.91. The first-order chi connectivity index (χ1) is 10.2. The third-order valence-corrected chi connectivity index (χ3v) is 3.74. The van der Waals surface area contributed by atoms with E-state index < -0.39 is 0 Å². The Morgan fingerprint density at radius 1 is 1.10 bits per heavy atom. The summed E-state index contributed by atoms with van der Waals surface area (Å²) in [5.74, 6) is 1.67. The molecule has 0 aliphatic carbocycles. The Kier molecular flexibility index (Phi) is 4.27. The molecular formula is C17H16BrNO2. The molecule has 1 heterocycles. The van der Waals surface area contributed by atoms with Gasteiger partial charge in [-0.3, -0.25) is 0 Å².